The minimum Gasteiger partial charge on any atom is -0.508 e. The Kier molecular flexibility index (Phi) is 3.04. The molecule has 0 saturated heterocycles. The molecule has 108 valence electrons. The van der Waals surface area contributed by atoms with Gasteiger partial charge in [0, 0.05) is 12.0 Å². The number of rotatable bonds is 2. The average molecular weight is 289 g/mol. The summed E-state index contributed by atoms with van der Waals surface area (Å²) >= 11 is 0. The summed E-state index contributed by atoms with van der Waals surface area (Å²) in [7, 11) is 0. The molecular weight excluding hydrogens is 274 g/mol. The molecule has 4 rings (SSSR count). The Morgan fingerprint density at radius 1 is 0.909 bits per heavy atom. The fourth-order valence-electron chi connectivity index (χ4n) is 2.78. The Hall–Kier alpha value is -2.81. The van der Waals surface area contributed by atoms with Gasteiger partial charge in [-0.15, -0.1) is 0 Å². The van der Waals surface area contributed by atoms with Crippen LogP contribution in [0.15, 0.2) is 71.9 Å². The van der Waals surface area contributed by atoms with E-state index in [-0.39, 0.29) is 11.9 Å². The van der Waals surface area contributed by atoms with E-state index in [9.17, 15) is 5.11 Å². The van der Waals surface area contributed by atoms with E-state index in [2.05, 4.69) is 35.5 Å². The van der Waals surface area contributed by atoms with Crippen molar-refractivity contribution < 1.29 is 9.94 Å². The lowest BCUT2D eigenvalue weighted by Gasteiger charge is -2.08. The standard InChI is InChI=1S/C19H15NO2/c21-17-9-7-14(8-10-17)19-12-18(20-22-19)16-6-5-13-3-1-2-4-15(13)11-16/h1-11,19,21H,12H2. The van der Waals surface area contributed by atoms with E-state index in [1.165, 1.54) is 10.8 Å². The first-order valence-corrected chi connectivity index (χ1v) is 7.30. The summed E-state index contributed by atoms with van der Waals surface area (Å²) in [6.07, 6.45) is 0.658. The fraction of sp³-hybridized carbons (Fsp3) is 0.105. The third-order valence-electron chi connectivity index (χ3n) is 4.02. The quantitative estimate of drug-likeness (QED) is 0.759. The lowest BCUT2D eigenvalue weighted by atomic mass is 9.98. The van der Waals surface area contributed by atoms with E-state index in [0.29, 0.717) is 0 Å². The molecule has 1 N–H and O–H groups in total. The Balaban J connectivity index is 1.59. The van der Waals surface area contributed by atoms with Crippen molar-refractivity contribution in [1.82, 2.24) is 0 Å². The molecule has 1 atom stereocenters. The van der Waals surface area contributed by atoms with Gasteiger partial charge >= 0.3 is 0 Å². The Bertz CT molecular complexity index is 853. The van der Waals surface area contributed by atoms with Crippen LogP contribution in [-0.4, -0.2) is 10.8 Å². The van der Waals surface area contributed by atoms with E-state index < -0.39 is 0 Å². The highest BCUT2D eigenvalue weighted by atomic mass is 16.6. The molecule has 3 aromatic carbocycles. The molecule has 3 aromatic rings. The van der Waals surface area contributed by atoms with Gasteiger partial charge in [-0.1, -0.05) is 53.7 Å². The van der Waals surface area contributed by atoms with Gasteiger partial charge < -0.3 is 9.94 Å². The number of aromatic hydroxyl groups is 1. The van der Waals surface area contributed by atoms with Crippen molar-refractivity contribution in [3.63, 3.8) is 0 Å². The lowest BCUT2D eigenvalue weighted by Crippen LogP contribution is -2.01. The van der Waals surface area contributed by atoms with Crippen LogP contribution in [0.5, 0.6) is 5.75 Å². The van der Waals surface area contributed by atoms with Crippen LogP contribution >= 0.6 is 0 Å². The van der Waals surface area contributed by atoms with E-state index in [1.54, 1.807) is 12.1 Å². The van der Waals surface area contributed by atoms with Crippen molar-refractivity contribution in [2.45, 2.75) is 12.5 Å². The van der Waals surface area contributed by atoms with Crippen LogP contribution < -0.4 is 0 Å². The summed E-state index contributed by atoms with van der Waals surface area (Å²) in [6.45, 7) is 0. The maximum atomic E-state index is 9.36. The Labute approximate surface area is 128 Å². The van der Waals surface area contributed by atoms with Crippen molar-refractivity contribution in [3.05, 3.63) is 77.9 Å². The minimum absolute atomic E-state index is 0.0814. The maximum absolute atomic E-state index is 9.36. The van der Waals surface area contributed by atoms with E-state index in [0.717, 1.165) is 23.3 Å². The highest BCUT2D eigenvalue weighted by Gasteiger charge is 2.23. The molecule has 0 amide bonds. The smallest absolute Gasteiger partial charge is 0.158 e. The zero-order valence-corrected chi connectivity index (χ0v) is 11.9. The van der Waals surface area contributed by atoms with E-state index >= 15 is 0 Å². The molecule has 0 aliphatic carbocycles. The van der Waals surface area contributed by atoms with Crippen LogP contribution in [0.2, 0.25) is 0 Å². The maximum Gasteiger partial charge on any atom is 0.158 e. The zero-order chi connectivity index (χ0) is 14.9. The second kappa shape index (κ2) is 5.19. The number of hydrogen-bond donors (Lipinski definition) is 1. The molecule has 0 fully saturated rings. The van der Waals surface area contributed by atoms with Crippen LogP contribution in [0.25, 0.3) is 10.8 Å². The number of benzene rings is 3. The van der Waals surface area contributed by atoms with Gasteiger partial charge in [0.25, 0.3) is 0 Å². The second-order valence-corrected chi connectivity index (χ2v) is 5.49. The van der Waals surface area contributed by atoms with Gasteiger partial charge in [0.15, 0.2) is 6.10 Å². The molecule has 3 nitrogen and oxygen atoms in total. The third-order valence-corrected chi connectivity index (χ3v) is 4.02. The second-order valence-electron chi connectivity index (χ2n) is 5.49. The molecule has 3 heteroatoms. The van der Waals surface area contributed by atoms with Crippen molar-refractivity contribution >= 4 is 16.5 Å². The molecule has 22 heavy (non-hydrogen) atoms. The first kappa shape index (κ1) is 12.9. The van der Waals surface area contributed by atoms with Gasteiger partial charge in [-0.2, -0.15) is 0 Å². The number of oxime groups is 1. The summed E-state index contributed by atoms with van der Waals surface area (Å²) in [5.74, 6) is 0.261. The third kappa shape index (κ3) is 2.31. The van der Waals surface area contributed by atoms with Crippen LogP contribution in [0.3, 0.4) is 0 Å². The van der Waals surface area contributed by atoms with Gasteiger partial charge in [-0.05, 0) is 34.5 Å². The van der Waals surface area contributed by atoms with Crippen LogP contribution in [0.1, 0.15) is 23.7 Å². The number of phenols is 1. The van der Waals surface area contributed by atoms with Gasteiger partial charge in [-0.3, -0.25) is 0 Å². The molecule has 0 spiro atoms. The number of nitrogens with zero attached hydrogens (tertiary/aromatic N) is 1. The van der Waals surface area contributed by atoms with Gasteiger partial charge in [0.1, 0.15) is 5.75 Å². The fourth-order valence-corrected chi connectivity index (χ4v) is 2.78. The summed E-state index contributed by atoms with van der Waals surface area (Å²) in [4.78, 5) is 5.56. The molecule has 0 radical (unpaired) electrons. The number of phenolic OH excluding ortho intramolecular Hbond substituents is 1. The van der Waals surface area contributed by atoms with Crippen molar-refractivity contribution in [3.8, 4) is 5.75 Å². The molecule has 0 saturated carbocycles. The molecule has 0 bridgehead atoms. The van der Waals surface area contributed by atoms with Gasteiger partial charge in [-0.25, -0.2) is 0 Å². The normalized spacial score (nSPS) is 17.3. The van der Waals surface area contributed by atoms with Crippen molar-refractivity contribution in [1.29, 1.82) is 0 Å². The monoisotopic (exact) mass is 289 g/mol. The molecule has 1 aliphatic heterocycles. The first-order valence-electron chi connectivity index (χ1n) is 7.30. The number of fused-ring (bicyclic) bond motifs is 1. The largest absolute Gasteiger partial charge is 0.508 e. The van der Waals surface area contributed by atoms with Crippen LogP contribution in [0, 0.1) is 0 Å². The zero-order valence-electron chi connectivity index (χ0n) is 11.9. The first-order chi connectivity index (χ1) is 10.8. The van der Waals surface area contributed by atoms with Gasteiger partial charge in [0.05, 0.1) is 5.71 Å². The van der Waals surface area contributed by atoms with E-state index in [4.69, 9.17) is 4.84 Å². The summed E-state index contributed by atoms with van der Waals surface area (Å²) in [6, 6.07) is 21.7. The summed E-state index contributed by atoms with van der Waals surface area (Å²) < 4.78 is 0. The van der Waals surface area contributed by atoms with Crippen LogP contribution in [0.4, 0.5) is 0 Å². The summed E-state index contributed by atoms with van der Waals surface area (Å²) in [5.41, 5.74) is 3.08. The van der Waals surface area contributed by atoms with Crippen molar-refractivity contribution in [2.24, 2.45) is 5.16 Å². The highest BCUT2D eigenvalue weighted by molar-refractivity contribution is 6.04. The average Bonchev–Trinajstić information content (AvgIpc) is 3.05. The predicted octanol–water partition coefficient (Wildman–Crippen LogP) is 4.41. The number of hydrogen-bond acceptors (Lipinski definition) is 3. The lowest BCUT2D eigenvalue weighted by molar-refractivity contribution is 0.0857. The Morgan fingerprint density at radius 3 is 2.50 bits per heavy atom. The van der Waals surface area contributed by atoms with E-state index in [1.807, 2.05) is 24.3 Å². The van der Waals surface area contributed by atoms with Gasteiger partial charge in [0.2, 0.25) is 0 Å². The molecular formula is C19H15NO2. The molecule has 1 unspecified atom stereocenters. The van der Waals surface area contributed by atoms with Crippen LogP contribution in [-0.2, 0) is 4.84 Å². The molecule has 1 heterocycles. The topological polar surface area (TPSA) is 41.8 Å². The molecule has 1 aliphatic rings. The van der Waals surface area contributed by atoms with Crippen molar-refractivity contribution in [2.75, 3.05) is 0 Å². The SMILES string of the molecule is Oc1ccc(C2CC(c3ccc4ccccc4c3)=NO2)cc1. The minimum atomic E-state index is -0.0814. The molecule has 0 aromatic heterocycles. The predicted molar refractivity (Wildman–Crippen MR) is 87.0 cm³/mol. The highest BCUT2D eigenvalue weighted by Crippen LogP contribution is 2.31. The summed E-state index contributed by atoms with van der Waals surface area (Å²) in [5, 5.41) is 16.0. The Morgan fingerprint density at radius 2 is 1.68 bits per heavy atom.